The van der Waals surface area contributed by atoms with Gasteiger partial charge in [0.15, 0.2) is 0 Å². The standard InChI is InChI=1S/C31H35Cl2N3O4S/c1-21-8-12-24(13-9-21)19-35(23(3)31(38)34-27-6-4-5-7-27)30(37)20-36(28-17-25(32)16-26(33)18-28)41(39,40)29-14-10-22(2)11-15-29/h8-18,23,27H,4-7,19-20H2,1-3H3,(H,34,38)/t23-/m0/s1. The van der Waals surface area contributed by atoms with Gasteiger partial charge in [-0.15, -0.1) is 0 Å². The zero-order valence-electron chi connectivity index (χ0n) is 23.4. The zero-order chi connectivity index (χ0) is 29.7. The van der Waals surface area contributed by atoms with Crippen molar-refractivity contribution in [1.82, 2.24) is 10.2 Å². The van der Waals surface area contributed by atoms with E-state index in [0.29, 0.717) is 0 Å². The Kier molecular flexibility index (Phi) is 10.00. The van der Waals surface area contributed by atoms with Gasteiger partial charge in [0.25, 0.3) is 10.0 Å². The summed E-state index contributed by atoms with van der Waals surface area (Å²) in [5, 5.41) is 3.52. The third-order valence-electron chi connectivity index (χ3n) is 7.37. The molecule has 1 aliphatic carbocycles. The molecule has 1 aliphatic rings. The number of hydrogen-bond acceptors (Lipinski definition) is 4. The van der Waals surface area contributed by atoms with Crippen molar-refractivity contribution in [2.45, 2.75) is 70.0 Å². The fourth-order valence-electron chi connectivity index (χ4n) is 4.91. The van der Waals surface area contributed by atoms with Gasteiger partial charge < -0.3 is 10.2 Å². The van der Waals surface area contributed by atoms with E-state index in [1.54, 1.807) is 19.1 Å². The van der Waals surface area contributed by atoms with Gasteiger partial charge in [-0.3, -0.25) is 13.9 Å². The summed E-state index contributed by atoms with van der Waals surface area (Å²) in [5.41, 5.74) is 2.92. The third-order valence-corrected chi connectivity index (χ3v) is 9.59. The predicted molar refractivity (Wildman–Crippen MR) is 164 cm³/mol. The summed E-state index contributed by atoms with van der Waals surface area (Å²) in [4.78, 5) is 28.8. The van der Waals surface area contributed by atoms with Crippen molar-refractivity contribution in [3.63, 3.8) is 0 Å². The average molecular weight is 617 g/mol. The van der Waals surface area contributed by atoms with Crippen molar-refractivity contribution in [2.24, 2.45) is 0 Å². The summed E-state index contributed by atoms with van der Waals surface area (Å²) < 4.78 is 28.9. The maximum Gasteiger partial charge on any atom is 0.264 e. The van der Waals surface area contributed by atoms with Crippen molar-refractivity contribution in [1.29, 1.82) is 0 Å². The van der Waals surface area contributed by atoms with Crippen LogP contribution in [0.25, 0.3) is 0 Å². The van der Waals surface area contributed by atoms with Crippen LogP contribution in [0.2, 0.25) is 10.0 Å². The molecule has 10 heteroatoms. The van der Waals surface area contributed by atoms with Gasteiger partial charge in [-0.2, -0.15) is 0 Å². The number of halogens is 2. The molecular formula is C31H35Cl2N3O4S. The molecule has 2 amide bonds. The highest BCUT2D eigenvalue weighted by atomic mass is 35.5. The van der Waals surface area contributed by atoms with Crippen LogP contribution in [0.4, 0.5) is 5.69 Å². The van der Waals surface area contributed by atoms with Gasteiger partial charge in [0.1, 0.15) is 12.6 Å². The lowest BCUT2D eigenvalue weighted by Gasteiger charge is -2.32. The van der Waals surface area contributed by atoms with Gasteiger partial charge in [-0.05, 0) is 69.5 Å². The molecule has 0 heterocycles. The molecule has 3 aromatic carbocycles. The first-order valence-corrected chi connectivity index (χ1v) is 15.8. The molecule has 0 aromatic heterocycles. The zero-order valence-corrected chi connectivity index (χ0v) is 25.8. The molecule has 0 bridgehead atoms. The van der Waals surface area contributed by atoms with E-state index in [1.807, 2.05) is 38.1 Å². The van der Waals surface area contributed by atoms with Gasteiger partial charge in [0.05, 0.1) is 10.6 Å². The summed E-state index contributed by atoms with van der Waals surface area (Å²) in [6.07, 6.45) is 3.92. The largest absolute Gasteiger partial charge is 0.352 e. The molecule has 41 heavy (non-hydrogen) atoms. The Morgan fingerprint density at radius 1 is 0.902 bits per heavy atom. The molecule has 4 rings (SSSR count). The van der Waals surface area contributed by atoms with E-state index in [-0.39, 0.29) is 39.1 Å². The second kappa shape index (κ2) is 13.3. The number of nitrogens with one attached hydrogen (secondary N) is 1. The monoisotopic (exact) mass is 615 g/mol. The highest BCUT2D eigenvalue weighted by molar-refractivity contribution is 7.92. The number of hydrogen-bond donors (Lipinski definition) is 1. The summed E-state index contributed by atoms with van der Waals surface area (Å²) in [6.45, 7) is 5.07. The summed E-state index contributed by atoms with van der Waals surface area (Å²) >= 11 is 12.5. The minimum atomic E-state index is -4.21. The van der Waals surface area contributed by atoms with Crippen molar-refractivity contribution in [3.8, 4) is 0 Å². The van der Waals surface area contributed by atoms with Crippen molar-refractivity contribution in [2.75, 3.05) is 10.8 Å². The number of benzene rings is 3. The van der Waals surface area contributed by atoms with Crippen LogP contribution < -0.4 is 9.62 Å². The number of aryl methyl sites for hydroxylation is 2. The fourth-order valence-corrected chi connectivity index (χ4v) is 6.83. The van der Waals surface area contributed by atoms with E-state index in [9.17, 15) is 18.0 Å². The van der Waals surface area contributed by atoms with Gasteiger partial charge in [-0.25, -0.2) is 8.42 Å². The van der Waals surface area contributed by atoms with E-state index in [4.69, 9.17) is 23.2 Å². The average Bonchev–Trinajstić information content (AvgIpc) is 3.43. The van der Waals surface area contributed by atoms with Gasteiger partial charge >= 0.3 is 0 Å². The third kappa shape index (κ3) is 7.82. The SMILES string of the molecule is Cc1ccc(CN(C(=O)CN(c2cc(Cl)cc(Cl)c2)S(=O)(=O)c2ccc(C)cc2)[C@@H](C)C(=O)NC2CCCC2)cc1. The molecule has 0 aliphatic heterocycles. The number of carbonyl (C=O) groups is 2. The number of amides is 2. The Hall–Kier alpha value is -3.07. The van der Waals surface area contributed by atoms with E-state index in [2.05, 4.69) is 5.32 Å². The van der Waals surface area contributed by atoms with E-state index >= 15 is 0 Å². The number of rotatable bonds is 10. The molecular weight excluding hydrogens is 581 g/mol. The molecule has 0 saturated heterocycles. The van der Waals surface area contributed by atoms with Crippen LogP contribution in [0, 0.1) is 13.8 Å². The quantitative estimate of drug-likeness (QED) is 0.291. The highest BCUT2D eigenvalue weighted by Gasteiger charge is 2.33. The number of sulfonamides is 1. The van der Waals surface area contributed by atoms with E-state index in [1.165, 1.54) is 35.2 Å². The lowest BCUT2D eigenvalue weighted by atomic mass is 10.1. The molecule has 0 unspecified atom stereocenters. The van der Waals surface area contributed by atoms with Crippen LogP contribution in [0.1, 0.15) is 49.3 Å². The molecule has 3 aromatic rings. The van der Waals surface area contributed by atoms with Crippen molar-refractivity contribution in [3.05, 3.63) is 93.5 Å². The molecule has 1 atom stereocenters. The fraction of sp³-hybridized carbons (Fsp3) is 0.355. The number of anilines is 1. The molecule has 7 nitrogen and oxygen atoms in total. The molecule has 0 radical (unpaired) electrons. The Morgan fingerprint density at radius 3 is 2.00 bits per heavy atom. The lowest BCUT2D eigenvalue weighted by molar-refractivity contribution is -0.139. The van der Waals surface area contributed by atoms with Gasteiger partial charge in [-0.1, -0.05) is 83.6 Å². The molecule has 1 saturated carbocycles. The first kappa shape index (κ1) is 30.9. The van der Waals surface area contributed by atoms with Crippen LogP contribution in [0.5, 0.6) is 0 Å². The highest BCUT2D eigenvalue weighted by Crippen LogP contribution is 2.30. The molecule has 0 spiro atoms. The maximum atomic E-state index is 14.1. The Bertz CT molecular complexity index is 1470. The van der Waals surface area contributed by atoms with Crippen LogP contribution in [0.3, 0.4) is 0 Å². The van der Waals surface area contributed by atoms with Crippen LogP contribution in [-0.2, 0) is 26.2 Å². The number of nitrogens with zero attached hydrogens (tertiary/aromatic N) is 2. The smallest absolute Gasteiger partial charge is 0.264 e. The maximum absolute atomic E-state index is 14.1. The summed E-state index contributed by atoms with van der Waals surface area (Å²) in [6, 6.07) is 17.7. The van der Waals surface area contributed by atoms with Gasteiger partial charge in [0.2, 0.25) is 11.8 Å². The Balaban J connectivity index is 1.70. The molecule has 1 fully saturated rings. The summed E-state index contributed by atoms with van der Waals surface area (Å²) in [5.74, 6) is -0.803. The van der Waals surface area contributed by atoms with E-state index < -0.39 is 28.5 Å². The minimum Gasteiger partial charge on any atom is -0.352 e. The minimum absolute atomic E-state index is 0.0177. The predicted octanol–water partition coefficient (Wildman–Crippen LogP) is 6.28. The number of carbonyl (C=O) groups excluding carboxylic acids is 2. The van der Waals surface area contributed by atoms with Gasteiger partial charge in [0, 0.05) is 22.6 Å². The molecule has 1 N–H and O–H groups in total. The topological polar surface area (TPSA) is 86.8 Å². The first-order chi connectivity index (χ1) is 19.4. The summed E-state index contributed by atoms with van der Waals surface area (Å²) in [7, 11) is -4.21. The van der Waals surface area contributed by atoms with Crippen LogP contribution >= 0.6 is 23.2 Å². The second-order valence-corrected chi connectivity index (χ2v) is 13.4. The van der Waals surface area contributed by atoms with E-state index in [0.717, 1.165) is 46.7 Å². The van der Waals surface area contributed by atoms with Crippen molar-refractivity contribution < 1.29 is 18.0 Å². The Labute approximate surface area is 252 Å². The normalized spacial score (nSPS) is 14.5. The first-order valence-electron chi connectivity index (χ1n) is 13.6. The lowest BCUT2D eigenvalue weighted by Crippen LogP contribution is -2.52. The molecule has 218 valence electrons. The van der Waals surface area contributed by atoms with Crippen molar-refractivity contribution >= 4 is 50.7 Å². The Morgan fingerprint density at radius 2 is 1.44 bits per heavy atom. The second-order valence-electron chi connectivity index (χ2n) is 10.6. The van der Waals surface area contributed by atoms with Crippen LogP contribution in [-0.4, -0.2) is 43.8 Å². The van der Waals surface area contributed by atoms with Crippen LogP contribution in [0.15, 0.2) is 71.6 Å².